The highest BCUT2D eigenvalue weighted by atomic mass is 16.5. The van der Waals surface area contributed by atoms with E-state index in [0.29, 0.717) is 13.0 Å². The number of ether oxygens (including phenoxy) is 1. The zero-order valence-electron chi connectivity index (χ0n) is 13.8. The number of amides is 1. The number of hydrogen-bond donors (Lipinski definition) is 2. The van der Waals surface area contributed by atoms with Crippen LogP contribution in [0.15, 0.2) is 84.9 Å². The monoisotopic (exact) mass is 332 g/mol. The van der Waals surface area contributed by atoms with Crippen molar-refractivity contribution in [3.05, 3.63) is 84.9 Å². The van der Waals surface area contributed by atoms with E-state index < -0.39 is 0 Å². The van der Waals surface area contributed by atoms with E-state index >= 15 is 0 Å². The lowest BCUT2D eigenvalue weighted by Crippen LogP contribution is -2.16. The maximum Gasteiger partial charge on any atom is 0.226 e. The minimum Gasteiger partial charge on any atom is -0.457 e. The molecule has 4 heteroatoms. The van der Waals surface area contributed by atoms with Crippen LogP contribution in [0.2, 0.25) is 0 Å². The summed E-state index contributed by atoms with van der Waals surface area (Å²) >= 11 is 0. The van der Waals surface area contributed by atoms with Crippen LogP contribution in [-0.4, -0.2) is 12.5 Å². The molecule has 0 spiro atoms. The van der Waals surface area contributed by atoms with Crippen molar-refractivity contribution in [3.63, 3.8) is 0 Å². The van der Waals surface area contributed by atoms with Gasteiger partial charge < -0.3 is 15.4 Å². The van der Waals surface area contributed by atoms with Crippen LogP contribution in [0.3, 0.4) is 0 Å². The minimum absolute atomic E-state index is 0.0114. The standard InChI is InChI=1S/C21H20N2O2/c24-21(23-18-7-3-1-4-8-18)15-16-22-17-11-13-20(14-12-17)25-19-9-5-2-6-10-19/h1-14,22H,15-16H2,(H,23,24). The van der Waals surface area contributed by atoms with Crippen molar-refractivity contribution < 1.29 is 9.53 Å². The molecule has 0 aliphatic carbocycles. The number of carbonyl (C=O) groups excluding carboxylic acids is 1. The molecule has 0 atom stereocenters. The summed E-state index contributed by atoms with van der Waals surface area (Å²) in [5.74, 6) is 1.57. The predicted molar refractivity (Wildman–Crippen MR) is 101 cm³/mol. The van der Waals surface area contributed by atoms with E-state index in [1.165, 1.54) is 0 Å². The summed E-state index contributed by atoms with van der Waals surface area (Å²) in [5.41, 5.74) is 1.77. The lowest BCUT2D eigenvalue weighted by atomic mass is 10.2. The molecule has 0 saturated carbocycles. The fourth-order valence-corrected chi connectivity index (χ4v) is 2.33. The molecule has 0 aromatic heterocycles. The molecule has 4 nitrogen and oxygen atoms in total. The highest BCUT2D eigenvalue weighted by Gasteiger charge is 2.02. The van der Waals surface area contributed by atoms with Crippen LogP contribution in [0.1, 0.15) is 6.42 Å². The summed E-state index contributed by atoms with van der Waals surface area (Å²) < 4.78 is 5.75. The molecular weight excluding hydrogens is 312 g/mol. The van der Waals surface area contributed by atoms with Crippen molar-refractivity contribution in [3.8, 4) is 11.5 Å². The van der Waals surface area contributed by atoms with E-state index in [1.807, 2.05) is 84.9 Å². The Morgan fingerprint density at radius 1 is 0.720 bits per heavy atom. The van der Waals surface area contributed by atoms with Gasteiger partial charge in [0.05, 0.1) is 0 Å². The summed E-state index contributed by atoms with van der Waals surface area (Å²) in [4.78, 5) is 11.9. The molecular formula is C21H20N2O2. The van der Waals surface area contributed by atoms with Gasteiger partial charge in [0, 0.05) is 24.3 Å². The molecule has 0 aliphatic rings. The van der Waals surface area contributed by atoms with Crippen molar-refractivity contribution in [2.75, 3.05) is 17.2 Å². The Morgan fingerprint density at radius 2 is 1.32 bits per heavy atom. The lowest BCUT2D eigenvalue weighted by Gasteiger charge is -2.09. The molecule has 0 heterocycles. The van der Waals surface area contributed by atoms with Gasteiger partial charge in [-0.3, -0.25) is 4.79 Å². The number of benzene rings is 3. The van der Waals surface area contributed by atoms with E-state index in [1.54, 1.807) is 0 Å². The van der Waals surface area contributed by atoms with Crippen LogP contribution in [0.5, 0.6) is 11.5 Å². The number of anilines is 2. The molecule has 0 unspecified atom stereocenters. The number of rotatable bonds is 7. The number of hydrogen-bond acceptors (Lipinski definition) is 3. The molecule has 0 radical (unpaired) electrons. The summed E-state index contributed by atoms with van der Waals surface area (Å²) in [7, 11) is 0. The van der Waals surface area contributed by atoms with Gasteiger partial charge >= 0.3 is 0 Å². The molecule has 0 aliphatic heterocycles. The zero-order valence-corrected chi connectivity index (χ0v) is 13.8. The molecule has 0 fully saturated rings. The van der Waals surface area contributed by atoms with E-state index in [2.05, 4.69) is 10.6 Å². The third-order valence-corrected chi connectivity index (χ3v) is 3.57. The first-order valence-corrected chi connectivity index (χ1v) is 8.21. The van der Waals surface area contributed by atoms with Gasteiger partial charge in [-0.15, -0.1) is 0 Å². The van der Waals surface area contributed by atoms with Gasteiger partial charge in [-0.25, -0.2) is 0 Å². The SMILES string of the molecule is O=C(CCNc1ccc(Oc2ccccc2)cc1)Nc1ccccc1. The van der Waals surface area contributed by atoms with Gasteiger partial charge in [-0.1, -0.05) is 36.4 Å². The van der Waals surface area contributed by atoms with Crippen molar-refractivity contribution in [1.82, 2.24) is 0 Å². The van der Waals surface area contributed by atoms with Crippen LogP contribution in [0, 0.1) is 0 Å². The van der Waals surface area contributed by atoms with Gasteiger partial charge in [-0.05, 0) is 48.5 Å². The van der Waals surface area contributed by atoms with E-state index in [9.17, 15) is 4.79 Å². The van der Waals surface area contributed by atoms with Crippen LogP contribution < -0.4 is 15.4 Å². The highest BCUT2D eigenvalue weighted by molar-refractivity contribution is 5.90. The topological polar surface area (TPSA) is 50.4 Å². The maximum absolute atomic E-state index is 11.9. The van der Waals surface area contributed by atoms with Crippen molar-refractivity contribution >= 4 is 17.3 Å². The fraction of sp³-hybridized carbons (Fsp3) is 0.0952. The third kappa shape index (κ3) is 5.39. The maximum atomic E-state index is 11.9. The second-order valence-corrected chi connectivity index (χ2v) is 5.53. The Hall–Kier alpha value is -3.27. The molecule has 3 aromatic carbocycles. The summed E-state index contributed by atoms with van der Waals surface area (Å²) in [5, 5.41) is 6.10. The van der Waals surface area contributed by atoms with E-state index in [0.717, 1.165) is 22.9 Å². The smallest absolute Gasteiger partial charge is 0.226 e. The first-order chi connectivity index (χ1) is 12.3. The first kappa shape index (κ1) is 16.6. The molecule has 0 saturated heterocycles. The second-order valence-electron chi connectivity index (χ2n) is 5.53. The minimum atomic E-state index is -0.0114. The normalized spacial score (nSPS) is 10.1. The van der Waals surface area contributed by atoms with Gasteiger partial charge in [-0.2, -0.15) is 0 Å². The Balaban J connectivity index is 1.43. The average Bonchev–Trinajstić information content (AvgIpc) is 2.65. The molecule has 3 rings (SSSR count). The lowest BCUT2D eigenvalue weighted by molar-refractivity contribution is -0.115. The second kappa shape index (κ2) is 8.55. The van der Waals surface area contributed by atoms with Gasteiger partial charge in [0.25, 0.3) is 0 Å². The zero-order chi connectivity index (χ0) is 17.3. The fourth-order valence-electron chi connectivity index (χ4n) is 2.33. The summed E-state index contributed by atoms with van der Waals surface area (Å²) in [6.07, 6.45) is 0.400. The molecule has 3 aromatic rings. The summed E-state index contributed by atoms with van der Waals surface area (Å²) in [6, 6.07) is 26.8. The van der Waals surface area contributed by atoms with Gasteiger partial charge in [0.15, 0.2) is 0 Å². The van der Waals surface area contributed by atoms with Gasteiger partial charge in [0.1, 0.15) is 11.5 Å². The average molecular weight is 332 g/mol. The third-order valence-electron chi connectivity index (χ3n) is 3.57. The van der Waals surface area contributed by atoms with Crippen LogP contribution in [0.25, 0.3) is 0 Å². The first-order valence-electron chi connectivity index (χ1n) is 8.21. The Morgan fingerprint density at radius 3 is 2.00 bits per heavy atom. The van der Waals surface area contributed by atoms with Crippen LogP contribution in [-0.2, 0) is 4.79 Å². The van der Waals surface area contributed by atoms with Crippen LogP contribution in [0.4, 0.5) is 11.4 Å². The molecule has 2 N–H and O–H groups in total. The molecule has 0 bridgehead atoms. The largest absolute Gasteiger partial charge is 0.457 e. The number of para-hydroxylation sites is 2. The van der Waals surface area contributed by atoms with Crippen LogP contribution >= 0.6 is 0 Å². The quantitative estimate of drug-likeness (QED) is 0.646. The Bertz CT molecular complexity index is 787. The van der Waals surface area contributed by atoms with Crippen molar-refractivity contribution in [1.29, 1.82) is 0 Å². The Kier molecular flexibility index (Phi) is 5.67. The highest BCUT2D eigenvalue weighted by Crippen LogP contribution is 2.22. The summed E-state index contributed by atoms with van der Waals surface area (Å²) in [6.45, 7) is 0.567. The van der Waals surface area contributed by atoms with Crippen molar-refractivity contribution in [2.24, 2.45) is 0 Å². The molecule has 126 valence electrons. The predicted octanol–water partition coefficient (Wildman–Crippen LogP) is 4.92. The van der Waals surface area contributed by atoms with Gasteiger partial charge in [0.2, 0.25) is 5.91 Å². The Labute approximate surface area is 147 Å². The number of nitrogens with one attached hydrogen (secondary N) is 2. The number of carbonyl (C=O) groups is 1. The molecule has 1 amide bonds. The van der Waals surface area contributed by atoms with Crippen molar-refractivity contribution in [2.45, 2.75) is 6.42 Å². The molecule has 25 heavy (non-hydrogen) atoms. The van der Waals surface area contributed by atoms with E-state index in [-0.39, 0.29) is 5.91 Å². The van der Waals surface area contributed by atoms with E-state index in [4.69, 9.17) is 4.74 Å².